The van der Waals surface area contributed by atoms with E-state index in [9.17, 15) is 22.4 Å². The molecule has 0 atom stereocenters. The highest BCUT2D eigenvalue weighted by atomic mass is 19.4. The van der Waals surface area contributed by atoms with E-state index in [2.05, 4.69) is 5.32 Å². The van der Waals surface area contributed by atoms with Crippen LogP contribution in [0.25, 0.3) is 0 Å². The second-order valence-corrected chi connectivity index (χ2v) is 6.82. The molecule has 24 heavy (non-hydrogen) atoms. The Morgan fingerprint density at radius 1 is 1.12 bits per heavy atom. The topological polar surface area (TPSA) is 62.2 Å². The molecule has 0 heterocycles. The molecule has 0 spiro atoms. The SMILES string of the molecule is CC(C)(C)OC(=O)NC(C)(C)C(=N)c1ccc(C(F)(F)F)c(F)c1. The van der Waals surface area contributed by atoms with Gasteiger partial charge in [-0.15, -0.1) is 0 Å². The van der Waals surface area contributed by atoms with E-state index >= 15 is 0 Å². The van der Waals surface area contributed by atoms with Crippen LogP contribution in [0.15, 0.2) is 18.2 Å². The van der Waals surface area contributed by atoms with Crippen molar-refractivity contribution in [1.29, 1.82) is 5.41 Å². The maximum atomic E-state index is 13.7. The van der Waals surface area contributed by atoms with Crippen molar-refractivity contribution in [1.82, 2.24) is 5.32 Å². The molecule has 8 heteroatoms. The van der Waals surface area contributed by atoms with E-state index in [-0.39, 0.29) is 11.3 Å². The van der Waals surface area contributed by atoms with Crippen LogP contribution in [-0.4, -0.2) is 22.9 Å². The normalized spacial score (nSPS) is 12.7. The van der Waals surface area contributed by atoms with Gasteiger partial charge < -0.3 is 15.5 Å². The summed E-state index contributed by atoms with van der Waals surface area (Å²) in [6, 6.07) is 2.19. The van der Waals surface area contributed by atoms with E-state index in [0.717, 1.165) is 6.07 Å². The van der Waals surface area contributed by atoms with Crippen LogP contribution < -0.4 is 5.32 Å². The fourth-order valence-corrected chi connectivity index (χ4v) is 1.88. The fraction of sp³-hybridized carbons (Fsp3) is 0.500. The third kappa shape index (κ3) is 5.21. The van der Waals surface area contributed by atoms with Crippen LogP contribution in [0.3, 0.4) is 0 Å². The van der Waals surface area contributed by atoms with Gasteiger partial charge in [-0.05, 0) is 46.8 Å². The first-order chi connectivity index (χ1) is 10.6. The second kappa shape index (κ2) is 6.41. The van der Waals surface area contributed by atoms with Gasteiger partial charge in [0.25, 0.3) is 0 Å². The van der Waals surface area contributed by atoms with E-state index in [1.807, 2.05) is 0 Å². The Hall–Kier alpha value is -2.12. The summed E-state index contributed by atoms with van der Waals surface area (Å²) in [4.78, 5) is 11.8. The predicted octanol–water partition coefficient (Wildman–Crippen LogP) is 4.52. The Morgan fingerprint density at radius 2 is 1.67 bits per heavy atom. The highest BCUT2D eigenvalue weighted by Gasteiger charge is 2.35. The molecule has 0 fully saturated rings. The van der Waals surface area contributed by atoms with Crippen LogP contribution in [-0.2, 0) is 10.9 Å². The molecule has 0 saturated carbocycles. The van der Waals surface area contributed by atoms with Crippen molar-refractivity contribution in [3.8, 4) is 0 Å². The van der Waals surface area contributed by atoms with Crippen molar-refractivity contribution in [2.75, 3.05) is 0 Å². The lowest BCUT2D eigenvalue weighted by Crippen LogP contribution is -2.51. The van der Waals surface area contributed by atoms with Gasteiger partial charge in [0.05, 0.1) is 16.8 Å². The number of alkyl carbamates (subject to hydrolysis) is 1. The number of hydrogen-bond donors (Lipinski definition) is 2. The Labute approximate surface area is 137 Å². The number of carbonyl (C=O) groups excluding carboxylic acids is 1. The van der Waals surface area contributed by atoms with Gasteiger partial charge in [0.2, 0.25) is 0 Å². The molecule has 0 unspecified atom stereocenters. The van der Waals surface area contributed by atoms with E-state index in [0.29, 0.717) is 12.1 Å². The zero-order chi connectivity index (χ0) is 18.9. The number of halogens is 4. The summed E-state index contributed by atoms with van der Waals surface area (Å²) in [5.41, 5.74) is -3.74. The van der Waals surface area contributed by atoms with Gasteiger partial charge in [-0.1, -0.05) is 6.07 Å². The van der Waals surface area contributed by atoms with Crippen LogP contribution >= 0.6 is 0 Å². The third-order valence-electron chi connectivity index (χ3n) is 3.00. The van der Waals surface area contributed by atoms with E-state index in [1.165, 1.54) is 13.8 Å². The Bertz CT molecular complexity index is 646. The number of ether oxygens (including phenoxy) is 1. The number of amides is 1. The molecule has 2 N–H and O–H groups in total. The predicted molar refractivity (Wildman–Crippen MR) is 81.7 cm³/mol. The first-order valence-corrected chi connectivity index (χ1v) is 7.11. The zero-order valence-corrected chi connectivity index (χ0v) is 14.1. The molecule has 0 aliphatic heterocycles. The van der Waals surface area contributed by atoms with Crippen molar-refractivity contribution in [2.24, 2.45) is 0 Å². The molecule has 1 aromatic rings. The number of rotatable bonds is 3. The lowest BCUT2D eigenvalue weighted by Gasteiger charge is -2.29. The van der Waals surface area contributed by atoms with Crippen LogP contribution in [0.5, 0.6) is 0 Å². The lowest BCUT2D eigenvalue weighted by molar-refractivity contribution is -0.140. The molecule has 134 valence electrons. The van der Waals surface area contributed by atoms with Crippen LogP contribution in [0, 0.1) is 11.2 Å². The monoisotopic (exact) mass is 348 g/mol. The molecule has 0 radical (unpaired) electrons. The Morgan fingerprint density at radius 3 is 2.08 bits per heavy atom. The van der Waals surface area contributed by atoms with Gasteiger partial charge in [0.15, 0.2) is 0 Å². The summed E-state index contributed by atoms with van der Waals surface area (Å²) in [6.45, 7) is 7.92. The molecule has 4 nitrogen and oxygen atoms in total. The minimum Gasteiger partial charge on any atom is -0.444 e. The molecule has 1 aromatic carbocycles. The highest BCUT2D eigenvalue weighted by molar-refractivity contribution is 6.06. The molecule has 0 aromatic heterocycles. The standard InChI is InChI=1S/C16H20F4N2O2/c1-14(2,3)24-13(23)22-15(4,5)12(21)9-6-7-10(11(17)8-9)16(18,19)20/h6-8,21H,1-5H3,(H,22,23). The van der Waals surface area contributed by atoms with Crippen LogP contribution in [0.4, 0.5) is 22.4 Å². The van der Waals surface area contributed by atoms with Crippen LogP contribution in [0.1, 0.15) is 45.7 Å². The molecule has 0 aliphatic carbocycles. The summed E-state index contributed by atoms with van der Waals surface area (Å²) < 4.78 is 56.5. The smallest absolute Gasteiger partial charge is 0.419 e. The van der Waals surface area contributed by atoms with Crippen molar-refractivity contribution in [3.63, 3.8) is 0 Å². The summed E-state index contributed by atoms with van der Waals surface area (Å²) in [6.07, 6.45) is -5.60. The molecule has 0 bridgehead atoms. The summed E-state index contributed by atoms with van der Waals surface area (Å²) >= 11 is 0. The quantitative estimate of drug-likeness (QED) is 0.623. The summed E-state index contributed by atoms with van der Waals surface area (Å²) in [5.74, 6) is -1.47. The van der Waals surface area contributed by atoms with Gasteiger partial charge in [-0.3, -0.25) is 0 Å². The Balaban J connectivity index is 3.00. The largest absolute Gasteiger partial charge is 0.444 e. The van der Waals surface area contributed by atoms with E-state index in [1.54, 1.807) is 20.8 Å². The first kappa shape index (κ1) is 19.9. The second-order valence-electron chi connectivity index (χ2n) is 6.82. The Kier molecular flexibility index (Phi) is 5.32. The average molecular weight is 348 g/mol. The van der Waals surface area contributed by atoms with Gasteiger partial charge in [-0.2, -0.15) is 13.2 Å². The van der Waals surface area contributed by atoms with Crippen molar-refractivity contribution < 1.29 is 27.1 Å². The molecule has 1 amide bonds. The summed E-state index contributed by atoms with van der Waals surface area (Å²) in [5, 5.41) is 10.5. The van der Waals surface area contributed by atoms with Crippen molar-refractivity contribution in [2.45, 2.75) is 51.9 Å². The number of benzene rings is 1. The zero-order valence-electron chi connectivity index (χ0n) is 14.1. The van der Waals surface area contributed by atoms with E-state index < -0.39 is 34.8 Å². The van der Waals surface area contributed by atoms with E-state index in [4.69, 9.17) is 10.1 Å². The van der Waals surface area contributed by atoms with Crippen LogP contribution in [0.2, 0.25) is 0 Å². The van der Waals surface area contributed by atoms with Gasteiger partial charge >= 0.3 is 12.3 Å². The minimum atomic E-state index is -4.81. The maximum absolute atomic E-state index is 13.7. The lowest BCUT2D eigenvalue weighted by atomic mass is 9.91. The number of nitrogens with one attached hydrogen (secondary N) is 2. The van der Waals surface area contributed by atoms with Gasteiger partial charge in [0, 0.05) is 5.56 Å². The van der Waals surface area contributed by atoms with Gasteiger partial charge in [-0.25, -0.2) is 9.18 Å². The molecule has 0 aliphatic rings. The average Bonchev–Trinajstić information content (AvgIpc) is 2.32. The maximum Gasteiger partial charge on any atom is 0.419 e. The number of hydrogen-bond acceptors (Lipinski definition) is 3. The number of carbonyl (C=O) groups is 1. The summed E-state index contributed by atoms with van der Waals surface area (Å²) in [7, 11) is 0. The molecule has 0 saturated heterocycles. The minimum absolute atomic E-state index is 0.0680. The van der Waals surface area contributed by atoms with Crippen molar-refractivity contribution >= 4 is 11.8 Å². The highest BCUT2D eigenvalue weighted by Crippen LogP contribution is 2.32. The fourth-order valence-electron chi connectivity index (χ4n) is 1.88. The third-order valence-corrected chi connectivity index (χ3v) is 3.00. The first-order valence-electron chi connectivity index (χ1n) is 7.11. The van der Waals surface area contributed by atoms with Gasteiger partial charge in [0.1, 0.15) is 11.4 Å². The van der Waals surface area contributed by atoms with Crippen molar-refractivity contribution in [3.05, 3.63) is 35.1 Å². The molecular formula is C16H20F4N2O2. The molecule has 1 rings (SSSR count). The number of alkyl halides is 3. The molecular weight excluding hydrogens is 328 g/mol.